The van der Waals surface area contributed by atoms with Crippen LogP contribution >= 0.6 is 7.14 Å². The second-order valence-corrected chi connectivity index (χ2v) is 54.2. The maximum atomic E-state index is 14.7. The first-order valence-corrected chi connectivity index (χ1v) is 53.1. The molecule has 14 atom stereocenters. The molecule has 20 heteroatoms. The van der Waals surface area contributed by atoms with Gasteiger partial charge < -0.3 is 43.5 Å². The lowest BCUT2D eigenvalue weighted by atomic mass is 9.61. The number of benzene rings is 4. The van der Waals surface area contributed by atoms with E-state index in [0.717, 1.165) is 119 Å². The molecule has 15 nitrogen and oxygen atoms in total. The molecule has 0 amide bonds. The van der Waals surface area contributed by atoms with Crippen molar-refractivity contribution in [3.63, 3.8) is 0 Å². The van der Waals surface area contributed by atoms with E-state index in [0.29, 0.717) is 90.0 Å². The van der Waals surface area contributed by atoms with Crippen molar-refractivity contribution in [3.8, 4) is 0 Å². The Morgan fingerprint density at radius 1 is 0.539 bits per heavy atom. The minimum atomic E-state index is -3.36. The van der Waals surface area contributed by atoms with E-state index in [1.807, 2.05) is 60.7 Å². The van der Waals surface area contributed by atoms with E-state index in [1.165, 1.54) is 38.2 Å². The average Bonchev–Trinajstić information content (AvgIpc) is 1.62. The molecule has 630 valence electrons. The molecule has 0 aliphatic heterocycles. The zero-order valence-electron chi connectivity index (χ0n) is 72.0. The minimum absolute atomic E-state index is 0.0604. The van der Waals surface area contributed by atoms with Crippen LogP contribution < -0.4 is 10.6 Å². The fourth-order valence-electron chi connectivity index (χ4n) is 19.0. The van der Waals surface area contributed by atoms with Crippen LogP contribution in [0, 0.1) is 46.3 Å². The van der Waals surface area contributed by atoms with Gasteiger partial charge in [0.1, 0.15) is 21.4 Å². The molecule has 4 aromatic rings. The first kappa shape index (κ1) is 92.9. The smallest absolute Gasteiger partial charge is 0.192 e. The summed E-state index contributed by atoms with van der Waals surface area (Å²) in [5.74, 6) is 2.88. The number of fused-ring (bicyclic) bond motifs is 2. The van der Waals surface area contributed by atoms with Gasteiger partial charge in [0, 0.05) is 36.0 Å². The van der Waals surface area contributed by atoms with Crippen molar-refractivity contribution in [2.45, 2.75) is 267 Å². The molecule has 4 N–H and O–H groups in total. The highest BCUT2D eigenvalue weighted by Gasteiger charge is 2.53. The van der Waals surface area contributed by atoms with Gasteiger partial charge in [0.2, 0.25) is 0 Å². The highest BCUT2D eigenvalue weighted by molar-refractivity contribution is 7.91. The summed E-state index contributed by atoms with van der Waals surface area (Å²) in [6, 6.07) is 33.4. The molecule has 7 aliphatic rings. The van der Waals surface area contributed by atoms with Crippen LogP contribution in [-0.4, -0.2) is 135 Å². The molecule has 11 rings (SSSR count). The molecule has 0 aromatic heterocycles. The highest BCUT2D eigenvalue weighted by atomic mass is 32.2. The summed E-state index contributed by atoms with van der Waals surface area (Å²) in [5.41, 5.74) is 10.3. The number of aliphatic hydroxyl groups is 4. The number of nitrogens with zero attached hydrogens (tertiary/aromatic N) is 2. The van der Waals surface area contributed by atoms with E-state index in [1.54, 1.807) is 61.0 Å². The molecule has 0 saturated heterocycles. The third-order valence-corrected chi connectivity index (χ3v) is 43.4. The van der Waals surface area contributed by atoms with Crippen LogP contribution in [0.15, 0.2) is 224 Å². The predicted octanol–water partition coefficient (Wildman–Crippen LogP) is 20.3. The summed E-state index contributed by atoms with van der Waals surface area (Å²) in [5, 5.41) is 50.0. The van der Waals surface area contributed by atoms with Crippen molar-refractivity contribution in [3.05, 3.63) is 215 Å². The van der Waals surface area contributed by atoms with Gasteiger partial charge in [-0.1, -0.05) is 226 Å². The van der Waals surface area contributed by atoms with E-state index < -0.39 is 67.9 Å². The third kappa shape index (κ3) is 23.0. The Hall–Kier alpha value is -5.94. The first-order valence-electron chi connectivity index (χ1n) is 42.1. The number of oxime groups is 2. The number of allylic oxidation sites excluding steroid dienone is 7. The Bertz CT molecular complexity index is 4280. The largest absolute Gasteiger partial charge is 0.413 e. The maximum Gasteiger partial charge on any atom is 0.192 e. The molecule has 7 saturated carbocycles. The van der Waals surface area contributed by atoms with Crippen molar-refractivity contribution in [1.29, 1.82) is 0 Å². The maximum absolute atomic E-state index is 14.7. The average molecular weight is 1670 g/mol. The highest BCUT2D eigenvalue weighted by Crippen LogP contribution is 2.62. The zero-order valence-corrected chi connectivity index (χ0v) is 76.5. The van der Waals surface area contributed by atoms with E-state index in [4.69, 9.17) is 8.85 Å². The van der Waals surface area contributed by atoms with Gasteiger partial charge in [-0.25, -0.2) is 16.8 Å². The monoisotopic (exact) mass is 1660 g/mol. The number of rotatable bonds is 24. The van der Waals surface area contributed by atoms with Crippen LogP contribution in [0.3, 0.4) is 0 Å². The number of aliphatic hydroxyl groups excluding tert-OH is 4. The Kier molecular flexibility index (Phi) is 31.6. The summed E-state index contributed by atoms with van der Waals surface area (Å²) in [6.45, 7) is 44.9. The van der Waals surface area contributed by atoms with Crippen LogP contribution in [-0.2, 0) is 42.8 Å². The first-order chi connectivity index (χ1) is 54.0. The quantitative estimate of drug-likeness (QED) is 0.0222. The molecule has 0 spiro atoms. The zero-order chi connectivity index (χ0) is 84.3. The topological polar surface area (TPSA) is 228 Å². The fourth-order valence-corrected chi connectivity index (χ4v) is 27.1. The van der Waals surface area contributed by atoms with Gasteiger partial charge in [0.15, 0.2) is 36.3 Å². The molecule has 4 aromatic carbocycles. The van der Waals surface area contributed by atoms with Gasteiger partial charge in [-0.15, -0.1) is 0 Å². The van der Waals surface area contributed by atoms with Crippen molar-refractivity contribution < 1.29 is 60.4 Å². The normalized spacial score (nSPS) is 29.0. The van der Waals surface area contributed by atoms with Crippen LogP contribution in [0.5, 0.6) is 0 Å². The molecule has 7 aliphatic carbocycles. The van der Waals surface area contributed by atoms with Crippen LogP contribution in [0.1, 0.15) is 196 Å². The molecular weight excluding hydrogens is 1530 g/mol. The summed E-state index contributed by atoms with van der Waals surface area (Å²) in [4.78, 5) is 10.1. The third-order valence-electron chi connectivity index (χ3n) is 27.9. The summed E-state index contributed by atoms with van der Waals surface area (Å²) in [7, 11) is -10.7. The van der Waals surface area contributed by atoms with Crippen LogP contribution in [0.4, 0.5) is 0 Å². The molecule has 0 bridgehead atoms. The lowest BCUT2D eigenvalue weighted by Gasteiger charge is -2.45. The second kappa shape index (κ2) is 39.1. The molecule has 115 heavy (non-hydrogen) atoms. The number of hydrogen-bond donors (Lipinski definition) is 4. The Morgan fingerprint density at radius 3 is 1.31 bits per heavy atom. The van der Waals surface area contributed by atoms with E-state index in [9.17, 15) is 41.8 Å². The van der Waals surface area contributed by atoms with Gasteiger partial charge in [0.05, 0.1) is 70.3 Å². The fraction of sp³-hybridized carbons (Fsp3) is 0.558. The lowest BCUT2D eigenvalue weighted by Crippen LogP contribution is -2.49. The summed E-state index contributed by atoms with van der Waals surface area (Å²) >= 11 is 0. The standard InChI is InChI=1S/C33H51O3PSi2.2C31H43NO5S/c1-26-27(22-23-37(34,29-18-14-12-15-19-29)30-20-16-13-17-21-30)24-28(35-38(8,9)32(2,3)4)25-31(26)36-39(10,11)33(5,6)7;2*1-21(15-17-38(35,36)27-11-7-23(8-12-27)20-32-37-4)28-13-14-29-24(6-5-16-31(28,29)3)9-10-25-18-26(33)19-30(34)22(25)2/h12-22,28,31H,1,23-25H2,2-11H3;2*7-12,20-21,26,28-30,33-34H,2,5-6,13-19H2,1,3-4H3/b27-22-;2*24-9+,25-10-,32-20+/t28-,31+;21-,26+,28-,29+,30-,31-;21-,26-,28-,29+,30+,31-/m111/s1. The van der Waals surface area contributed by atoms with Crippen molar-refractivity contribution in [2.75, 3.05) is 31.9 Å². The predicted molar refractivity (Wildman–Crippen MR) is 478 cm³/mol. The SMILES string of the molecule is C=C1/C(=C\C=C2/CCC[C@]3(C)[C@@H]([C@H](C)CCS(=O)(=O)c4ccc(/C=N/OC)cc4)CC[C@@H]23)C[C@@H](O)C[C@@H]1O.C=C1/C(=C\C=C2/CCC[C@]3(C)[C@@H]([C@H](C)CCS(=O)(=O)c4ccc(/C=N/OC)cc4)CC[C@@H]23)C[C@H](O)C[C@H]1O.C=C1/C(=C\CP(=O)(c2ccccc2)c2ccccc2)C[C@@H](O[Si](C)(C)C(C)(C)C)C[C@@H]1O[Si](C)(C)C(C)(C)C. The Balaban J connectivity index is 0.000000197. The second-order valence-electron chi connectivity index (χ2n) is 37.6. The molecular formula is C95H137N2O13PS2Si2. The molecule has 0 unspecified atom stereocenters. The van der Waals surface area contributed by atoms with Crippen molar-refractivity contribution >= 4 is 66.5 Å². The lowest BCUT2D eigenvalue weighted by molar-refractivity contribution is 0.0855. The van der Waals surface area contributed by atoms with E-state index >= 15 is 0 Å². The molecule has 0 heterocycles. The minimum Gasteiger partial charge on any atom is -0.413 e. The molecule has 7 fully saturated rings. The van der Waals surface area contributed by atoms with Crippen LogP contribution in [0.25, 0.3) is 0 Å². The summed E-state index contributed by atoms with van der Waals surface area (Å²) < 4.78 is 81.0. The molecule has 0 radical (unpaired) electrons. The number of sulfone groups is 2. The Labute approximate surface area is 693 Å². The number of hydrogen-bond acceptors (Lipinski definition) is 15. The summed E-state index contributed by atoms with van der Waals surface area (Å²) in [6.07, 6.45) is 27.9. The van der Waals surface area contributed by atoms with Gasteiger partial charge >= 0.3 is 0 Å². The van der Waals surface area contributed by atoms with Crippen molar-refractivity contribution in [1.82, 2.24) is 0 Å². The van der Waals surface area contributed by atoms with Gasteiger partial charge in [-0.3, -0.25) is 0 Å². The Morgan fingerprint density at radius 2 is 0.930 bits per heavy atom. The van der Waals surface area contributed by atoms with Gasteiger partial charge in [-0.05, 0) is 248 Å². The van der Waals surface area contributed by atoms with E-state index in [-0.39, 0.29) is 44.6 Å². The van der Waals surface area contributed by atoms with Crippen LogP contribution in [0.2, 0.25) is 36.3 Å². The van der Waals surface area contributed by atoms with Gasteiger partial charge in [-0.2, -0.15) is 0 Å². The van der Waals surface area contributed by atoms with Gasteiger partial charge in [0.25, 0.3) is 0 Å². The van der Waals surface area contributed by atoms with E-state index in [2.05, 4.69) is 166 Å². The van der Waals surface area contributed by atoms with Crippen molar-refractivity contribution in [2.24, 2.45) is 56.6 Å².